The van der Waals surface area contributed by atoms with Crippen LogP contribution in [0.2, 0.25) is 0 Å². The standard InChI is InChI=1S/C8H8O2.C8H18O2.C7H6O2/c1-6-4-2-3-5-7(6)8(9)10;1-6(2)7(10)8(3,4)5-9;8-7(9)6-4-2-1-3-5-6/h2-5H,1H3,(H,9,10);6-7,9-10H,5H2,1-4H3;1-5H,(H,8,9)/p-1. The summed E-state index contributed by atoms with van der Waals surface area (Å²) in [7, 11) is 0. The summed E-state index contributed by atoms with van der Waals surface area (Å²) in [5.74, 6) is -1.78. The molecule has 0 aromatic heterocycles. The van der Waals surface area contributed by atoms with Gasteiger partial charge in [-0.3, -0.25) is 0 Å². The van der Waals surface area contributed by atoms with Gasteiger partial charge in [0.05, 0.1) is 24.2 Å². The normalized spacial score (nSPS) is 11.4. The molecule has 160 valence electrons. The average molecular weight is 403 g/mol. The predicted molar refractivity (Wildman–Crippen MR) is 111 cm³/mol. The van der Waals surface area contributed by atoms with E-state index in [1.807, 2.05) is 27.7 Å². The fourth-order valence-electron chi connectivity index (χ4n) is 2.38. The van der Waals surface area contributed by atoms with Crippen molar-refractivity contribution in [1.82, 2.24) is 0 Å². The molecule has 29 heavy (non-hydrogen) atoms. The summed E-state index contributed by atoms with van der Waals surface area (Å²) in [6, 6.07) is 15.0. The summed E-state index contributed by atoms with van der Waals surface area (Å²) in [6.07, 6.45) is -0.419. The Morgan fingerprint density at radius 1 is 1.00 bits per heavy atom. The van der Waals surface area contributed by atoms with Crippen LogP contribution in [0.25, 0.3) is 0 Å². The Bertz CT molecular complexity index is 753. The van der Waals surface area contributed by atoms with Gasteiger partial charge in [-0.1, -0.05) is 70.2 Å². The minimum Gasteiger partial charge on any atom is -0.545 e. The third-order valence-corrected chi connectivity index (χ3v) is 4.23. The fraction of sp³-hybridized carbons (Fsp3) is 0.391. The molecular weight excluding hydrogens is 372 g/mol. The number of rotatable bonds is 5. The van der Waals surface area contributed by atoms with E-state index in [1.165, 1.54) is 6.07 Å². The van der Waals surface area contributed by atoms with Gasteiger partial charge >= 0.3 is 5.97 Å². The second-order valence-corrected chi connectivity index (χ2v) is 7.61. The van der Waals surface area contributed by atoms with E-state index in [0.29, 0.717) is 5.56 Å². The Balaban J connectivity index is 0.000000406. The lowest BCUT2D eigenvalue weighted by molar-refractivity contribution is -0.255. The molecule has 0 aliphatic carbocycles. The van der Waals surface area contributed by atoms with Gasteiger partial charge in [-0.15, -0.1) is 0 Å². The zero-order valence-corrected chi connectivity index (χ0v) is 17.6. The van der Waals surface area contributed by atoms with Gasteiger partial charge in [-0.25, -0.2) is 4.79 Å². The number of carboxylic acids is 2. The third-order valence-electron chi connectivity index (χ3n) is 4.23. The van der Waals surface area contributed by atoms with Gasteiger partial charge in [-0.05, 0) is 30.5 Å². The van der Waals surface area contributed by atoms with Crippen molar-refractivity contribution in [3.05, 3.63) is 71.3 Å². The molecule has 2 aromatic rings. The molecular formula is C23H31O6-. The number of aliphatic hydroxyl groups excluding tert-OH is 2. The molecule has 0 saturated carbocycles. The Kier molecular flexibility index (Phi) is 11.5. The molecule has 6 nitrogen and oxygen atoms in total. The van der Waals surface area contributed by atoms with Crippen LogP contribution in [0.1, 0.15) is 54.0 Å². The SMILES string of the molecule is CC(C)C(O)C(C)(C)CO.Cc1ccccc1C(=O)[O-].O=C(O)c1ccccc1. The Labute approximate surface area is 172 Å². The second-order valence-electron chi connectivity index (χ2n) is 7.61. The lowest BCUT2D eigenvalue weighted by Crippen LogP contribution is -2.36. The van der Waals surface area contributed by atoms with Gasteiger partial charge in [0.1, 0.15) is 0 Å². The van der Waals surface area contributed by atoms with Crippen LogP contribution in [-0.2, 0) is 0 Å². The summed E-state index contributed by atoms with van der Waals surface area (Å²) >= 11 is 0. The summed E-state index contributed by atoms with van der Waals surface area (Å²) in [5, 5.41) is 37.0. The van der Waals surface area contributed by atoms with Crippen molar-refractivity contribution in [1.29, 1.82) is 0 Å². The summed E-state index contributed by atoms with van der Waals surface area (Å²) < 4.78 is 0. The highest BCUT2D eigenvalue weighted by Gasteiger charge is 2.28. The van der Waals surface area contributed by atoms with E-state index in [4.69, 9.17) is 10.2 Å². The topological polar surface area (TPSA) is 118 Å². The number of aryl methyl sites for hydroxylation is 1. The lowest BCUT2D eigenvalue weighted by atomic mass is 9.82. The molecule has 0 bridgehead atoms. The fourth-order valence-corrected chi connectivity index (χ4v) is 2.38. The number of benzene rings is 2. The van der Waals surface area contributed by atoms with Crippen LogP contribution < -0.4 is 5.11 Å². The van der Waals surface area contributed by atoms with Gasteiger partial charge in [0, 0.05) is 11.0 Å². The molecule has 3 N–H and O–H groups in total. The van der Waals surface area contributed by atoms with E-state index in [9.17, 15) is 19.8 Å². The lowest BCUT2D eigenvalue weighted by Gasteiger charge is -2.30. The highest BCUT2D eigenvalue weighted by atomic mass is 16.4. The first-order chi connectivity index (χ1) is 13.4. The number of hydrogen-bond donors (Lipinski definition) is 3. The highest BCUT2D eigenvalue weighted by Crippen LogP contribution is 2.24. The Morgan fingerprint density at radius 2 is 1.48 bits per heavy atom. The summed E-state index contributed by atoms with van der Waals surface area (Å²) in [4.78, 5) is 20.5. The van der Waals surface area contributed by atoms with Crippen LogP contribution in [-0.4, -0.2) is 40.0 Å². The smallest absolute Gasteiger partial charge is 0.335 e. The van der Waals surface area contributed by atoms with Gasteiger partial charge in [0.2, 0.25) is 0 Å². The van der Waals surface area contributed by atoms with Crippen molar-refractivity contribution in [2.24, 2.45) is 11.3 Å². The van der Waals surface area contributed by atoms with Gasteiger partial charge < -0.3 is 25.2 Å². The number of carboxylic acid groups (broad SMARTS) is 2. The Hall–Kier alpha value is -2.70. The molecule has 2 rings (SSSR count). The molecule has 0 fully saturated rings. The number of aliphatic hydroxyl groups is 2. The van der Waals surface area contributed by atoms with E-state index >= 15 is 0 Å². The maximum absolute atomic E-state index is 10.3. The van der Waals surface area contributed by atoms with Crippen molar-refractivity contribution in [3.63, 3.8) is 0 Å². The highest BCUT2D eigenvalue weighted by molar-refractivity contribution is 5.87. The first kappa shape index (κ1) is 26.3. The summed E-state index contributed by atoms with van der Waals surface area (Å²) in [5.41, 5.74) is 0.969. The van der Waals surface area contributed by atoms with Crippen molar-refractivity contribution in [2.45, 2.75) is 40.7 Å². The van der Waals surface area contributed by atoms with Crippen LogP contribution in [0, 0.1) is 18.3 Å². The minimum absolute atomic E-state index is 0.0341. The number of carbonyl (C=O) groups is 2. The predicted octanol–water partition coefficient (Wildman–Crippen LogP) is 2.77. The molecule has 1 atom stereocenters. The first-order valence-corrected chi connectivity index (χ1v) is 9.28. The molecule has 0 saturated heterocycles. The van der Waals surface area contributed by atoms with Gasteiger partial charge in [0.25, 0.3) is 0 Å². The maximum Gasteiger partial charge on any atom is 0.335 e. The van der Waals surface area contributed by atoms with Crippen LogP contribution in [0.3, 0.4) is 0 Å². The molecule has 0 aliphatic heterocycles. The van der Waals surface area contributed by atoms with Crippen LogP contribution in [0.5, 0.6) is 0 Å². The molecule has 0 aliphatic rings. The first-order valence-electron chi connectivity index (χ1n) is 9.28. The minimum atomic E-state index is -1.11. The summed E-state index contributed by atoms with van der Waals surface area (Å²) in [6.45, 7) is 9.39. The average Bonchev–Trinajstić information content (AvgIpc) is 2.69. The van der Waals surface area contributed by atoms with Crippen molar-refractivity contribution in [3.8, 4) is 0 Å². The van der Waals surface area contributed by atoms with Crippen LogP contribution in [0.15, 0.2) is 54.6 Å². The van der Waals surface area contributed by atoms with Gasteiger partial charge in [0.15, 0.2) is 0 Å². The van der Waals surface area contributed by atoms with Crippen LogP contribution in [0.4, 0.5) is 0 Å². The van der Waals surface area contributed by atoms with E-state index in [2.05, 4.69) is 0 Å². The van der Waals surface area contributed by atoms with Crippen molar-refractivity contribution >= 4 is 11.9 Å². The van der Waals surface area contributed by atoms with E-state index < -0.39 is 18.0 Å². The Morgan fingerprint density at radius 3 is 1.76 bits per heavy atom. The number of aromatic carboxylic acids is 2. The van der Waals surface area contributed by atoms with E-state index in [1.54, 1.807) is 55.5 Å². The van der Waals surface area contributed by atoms with Crippen molar-refractivity contribution < 1.29 is 30.0 Å². The monoisotopic (exact) mass is 403 g/mol. The molecule has 0 radical (unpaired) electrons. The zero-order valence-electron chi connectivity index (χ0n) is 17.6. The van der Waals surface area contributed by atoms with E-state index in [-0.39, 0.29) is 23.5 Å². The number of hydrogen-bond acceptors (Lipinski definition) is 5. The number of carbonyl (C=O) groups excluding carboxylic acids is 1. The second kappa shape index (κ2) is 12.7. The molecule has 2 aromatic carbocycles. The van der Waals surface area contributed by atoms with E-state index in [0.717, 1.165) is 5.56 Å². The molecule has 0 spiro atoms. The zero-order chi connectivity index (χ0) is 22.6. The van der Waals surface area contributed by atoms with Gasteiger partial charge in [-0.2, -0.15) is 0 Å². The molecule has 0 heterocycles. The molecule has 1 unspecified atom stereocenters. The quantitative estimate of drug-likeness (QED) is 0.706. The molecule has 6 heteroatoms. The largest absolute Gasteiger partial charge is 0.545 e. The maximum atomic E-state index is 10.3. The van der Waals surface area contributed by atoms with Crippen LogP contribution >= 0.6 is 0 Å². The third kappa shape index (κ3) is 9.87. The molecule has 0 amide bonds. The van der Waals surface area contributed by atoms with Crippen molar-refractivity contribution in [2.75, 3.05) is 6.61 Å².